The van der Waals surface area contributed by atoms with E-state index in [0.29, 0.717) is 0 Å². The molecule has 3 nitrogen and oxygen atoms in total. The highest BCUT2D eigenvalue weighted by Gasteiger charge is 2.29. The van der Waals surface area contributed by atoms with E-state index in [0.717, 1.165) is 18.5 Å². The van der Waals surface area contributed by atoms with Gasteiger partial charge in [-0.25, -0.2) is 0 Å². The molecule has 1 atom stereocenters. The lowest BCUT2D eigenvalue weighted by Crippen LogP contribution is -2.23. The number of benzene rings is 8. The number of hydrogen-bond acceptors (Lipinski definition) is 1. The molecule has 2 N–H and O–H groups in total. The Labute approximate surface area is 336 Å². The van der Waals surface area contributed by atoms with Crippen molar-refractivity contribution >= 4 is 65.5 Å². The van der Waals surface area contributed by atoms with Crippen molar-refractivity contribution in [1.29, 1.82) is 0 Å². The number of hydrogen-bond donors (Lipinski definition) is 1. The van der Waals surface area contributed by atoms with Crippen LogP contribution in [0.1, 0.15) is 23.1 Å². The molecule has 10 aromatic rings. The molecule has 0 aliphatic heterocycles. The van der Waals surface area contributed by atoms with E-state index < -0.39 is 0 Å². The minimum atomic E-state index is 0.0293. The molecule has 0 amide bonds. The number of fused-ring (bicyclic) bond motifs is 10. The van der Waals surface area contributed by atoms with Gasteiger partial charge in [0.2, 0.25) is 0 Å². The zero-order valence-electron chi connectivity index (χ0n) is 31.9. The number of para-hydroxylation sites is 2. The van der Waals surface area contributed by atoms with Gasteiger partial charge in [0.15, 0.2) is 0 Å². The summed E-state index contributed by atoms with van der Waals surface area (Å²) in [4.78, 5) is 0. The van der Waals surface area contributed by atoms with Crippen LogP contribution in [0, 0.1) is 0 Å². The lowest BCUT2D eigenvalue weighted by atomic mass is 9.90. The van der Waals surface area contributed by atoms with Crippen LogP contribution in [0.4, 0.5) is 0 Å². The highest BCUT2D eigenvalue weighted by atomic mass is 15.0. The Morgan fingerprint density at radius 3 is 1.97 bits per heavy atom. The van der Waals surface area contributed by atoms with Gasteiger partial charge in [0, 0.05) is 39.0 Å². The molecule has 2 aromatic heterocycles. The van der Waals surface area contributed by atoms with Crippen LogP contribution < -0.4 is 5.73 Å². The van der Waals surface area contributed by atoms with Crippen LogP contribution in [0.3, 0.4) is 0 Å². The first-order valence-electron chi connectivity index (χ1n) is 20.3. The van der Waals surface area contributed by atoms with Crippen molar-refractivity contribution in [2.75, 3.05) is 0 Å². The molecular formula is C55H39N3. The first-order valence-corrected chi connectivity index (χ1v) is 20.3. The van der Waals surface area contributed by atoms with Crippen molar-refractivity contribution in [3.8, 4) is 22.5 Å². The van der Waals surface area contributed by atoms with Crippen molar-refractivity contribution in [3.63, 3.8) is 0 Å². The van der Waals surface area contributed by atoms with E-state index in [1.807, 2.05) is 0 Å². The fourth-order valence-corrected chi connectivity index (χ4v) is 9.89. The number of rotatable bonds is 5. The minimum Gasteiger partial charge on any atom is -0.324 e. The van der Waals surface area contributed by atoms with E-state index in [2.05, 4.69) is 203 Å². The van der Waals surface area contributed by atoms with Crippen LogP contribution >= 0.6 is 0 Å². The van der Waals surface area contributed by atoms with Crippen molar-refractivity contribution in [1.82, 2.24) is 9.13 Å². The highest BCUT2D eigenvalue weighted by Crippen LogP contribution is 2.46. The van der Waals surface area contributed by atoms with Gasteiger partial charge in [-0.3, -0.25) is 0 Å². The third-order valence-electron chi connectivity index (χ3n) is 12.5. The normalized spacial score (nSPS) is 15.7. The van der Waals surface area contributed by atoms with Crippen molar-refractivity contribution in [2.24, 2.45) is 5.73 Å². The average Bonchev–Trinajstić information content (AvgIpc) is 3.92. The zero-order valence-corrected chi connectivity index (χ0v) is 31.9. The van der Waals surface area contributed by atoms with Crippen LogP contribution in [0.25, 0.3) is 88.0 Å². The monoisotopic (exact) mass is 741 g/mol. The van der Waals surface area contributed by atoms with E-state index in [-0.39, 0.29) is 6.04 Å². The molecule has 0 radical (unpaired) electrons. The van der Waals surface area contributed by atoms with Gasteiger partial charge < -0.3 is 14.9 Å². The zero-order chi connectivity index (χ0) is 38.3. The first-order chi connectivity index (χ1) is 28.7. The maximum absolute atomic E-state index is 6.69. The number of allylic oxidation sites excluding steroid dienone is 3. The Balaban J connectivity index is 0.942. The standard InChI is InChI=1S/C55H39N3/c56-49-19-10-18-45-42-15-6-7-16-43(42)46(54(45)49)29-23-35-21-27-40(28-22-35)57-50-20-9-8-17-44(50)47-33-37(25-30-51(47)57)38-26-31-52-48(34-38)55-41-14-5-4-11-36(41)24-32-53(55)58(52)39-12-2-1-3-13-39/h1-18,20-22,24-34,49H,19,23,56H2/b46-29-. The Hall–Kier alpha value is -7.20. The van der Waals surface area contributed by atoms with Crippen LogP contribution in [-0.4, -0.2) is 15.2 Å². The van der Waals surface area contributed by atoms with Gasteiger partial charge in [0.1, 0.15) is 0 Å². The van der Waals surface area contributed by atoms with Gasteiger partial charge in [-0.15, -0.1) is 0 Å². The average molecular weight is 742 g/mol. The van der Waals surface area contributed by atoms with Gasteiger partial charge in [-0.05, 0) is 129 Å². The fraction of sp³-hybridized carbons (Fsp3) is 0.0545. The van der Waals surface area contributed by atoms with Crippen LogP contribution in [-0.2, 0) is 6.42 Å². The number of aromatic nitrogens is 2. The van der Waals surface area contributed by atoms with Crippen LogP contribution in [0.2, 0.25) is 0 Å². The molecule has 2 heterocycles. The molecule has 3 heteroatoms. The van der Waals surface area contributed by atoms with Gasteiger partial charge >= 0.3 is 0 Å². The van der Waals surface area contributed by atoms with Crippen molar-refractivity contribution in [2.45, 2.75) is 18.9 Å². The topological polar surface area (TPSA) is 35.9 Å². The molecule has 2 aliphatic carbocycles. The lowest BCUT2D eigenvalue weighted by Gasteiger charge is -2.18. The molecule has 8 aromatic carbocycles. The van der Waals surface area contributed by atoms with E-state index >= 15 is 0 Å². The largest absolute Gasteiger partial charge is 0.324 e. The summed E-state index contributed by atoms with van der Waals surface area (Å²) in [5.74, 6) is 0. The fourth-order valence-electron chi connectivity index (χ4n) is 9.89. The third kappa shape index (κ3) is 4.97. The lowest BCUT2D eigenvalue weighted by molar-refractivity contribution is 0.803. The maximum Gasteiger partial charge on any atom is 0.0547 e. The summed E-state index contributed by atoms with van der Waals surface area (Å²) in [6.45, 7) is 0. The van der Waals surface area contributed by atoms with Gasteiger partial charge in [0.05, 0.1) is 22.1 Å². The quantitative estimate of drug-likeness (QED) is 0.187. The summed E-state index contributed by atoms with van der Waals surface area (Å²) in [6, 6.07) is 64.6. The SMILES string of the molecule is NC1CC=CC2=C1/C(=C\Cc1ccc(-n3c4ccccc4c4cc(-c5ccc6c(c5)c5c7ccccc7ccc5n6-c5ccccc5)ccc43)cc1)c1ccccc12. The van der Waals surface area contributed by atoms with Crippen LogP contribution in [0.15, 0.2) is 200 Å². The summed E-state index contributed by atoms with van der Waals surface area (Å²) < 4.78 is 4.82. The summed E-state index contributed by atoms with van der Waals surface area (Å²) in [7, 11) is 0. The predicted octanol–water partition coefficient (Wildman–Crippen LogP) is 13.4. The molecule has 0 saturated heterocycles. The van der Waals surface area contributed by atoms with E-state index in [1.54, 1.807) is 0 Å². The molecular weight excluding hydrogens is 703 g/mol. The van der Waals surface area contributed by atoms with Gasteiger partial charge in [-0.2, -0.15) is 0 Å². The molecule has 0 fully saturated rings. The Morgan fingerprint density at radius 1 is 0.517 bits per heavy atom. The highest BCUT2D eigenvalue weighted by molar-refractivity contribution is 6.22. The second-order valence-electron chi connectivity index (χ2n) is 15.8. The number of nitrogens with zero attached hydrogens (tertiary/aromatic N) is 2. The van der Waals surface area contributed by atoms with E-state index in [1.165, 1.54) is 105 Å². The Morgan fingerprint density at radius 2 is 1.14 bits per heavy atom. The predicted molar refractivity (Wildman–Crippen MR) is 245 cm³/mol. The summed E-state index contributed by atoms with van der Waals surface area (Å²) >= 11 is 0. The molecule has 1 unspecified atom stereocenters. The second kappa shape index (κ2) is 12.9. The third-order valence-corrected chi connectivity index (χ3v) is 12.5. The Kier molecular flexibility index (Phi) is 7.35. The molecule has 274 valence electrons. The molecule has 58 heavy (non-hydrogen) atoms. The summed E-state index contributed by atoms with van der Waals surface area (Å²) in [6.07, 6.45) is 8.58. The van der Waals surface area contributed by atoms with Crippen molar-refractivity contribution < 1.29 is 0 Å². The number of nitrogens with two attached hydrogens (primary N) is 1. The maximum atomic E-state index is 6.69. The molecule has 12 rings (SSSR count). The van der Waals surface area contributed by atoms with Crippen LogP contribution in [0.5, 0.6) is 0 Å². The molecule has 0 saturated carbocycles. The van der Waals surface area contributed by atoms with Crippen molar-refractivity contribution in [3.05, 3.63) is 216 Å². The molecule has 2 aliphatic rings. The van der Waals surface area contributed by atoms with Gasteiger partial charge in [-0.1, -0.05) is 133 Å². The summed E-state index contributed by atoms with van der Waals surface area (Å²) in [5.41, 5.74) is 24.0. The van der Waals surface area contributed by atoms with Gasteiger partial charge in [0.25, 0.3) is 0 Å². The first kappa shape index (κ1) is 33.0. The van der Waals surface area contributed by atoms with E-state index in [9.17, 15) is 0 Å². The molecule has 0 bridgehead atoms. The smallest absolute Gasteiger partial charge is 0.0547 e. The summed E-state index contributed by atoms with van der Waals surface area (Å²) in [5, 5.41) is 7.59. The Bertz CT molecular complexity index is 3390. The second-order valence-corrected chi connectivity index (χ2v) is 15.8. The van der Waals surface area contributed by atoms with E-state index in [4.69, 9.17) is 5.73 Å². The molecule has 0 spiro atoms. The minimum absolute atomic E-state index is 0.0293.